The first-order valence-electron chi connectivity index (χ1n) is 5.98. The minimum atomic E-state index is -1.15. The van der Waals surface area contributed by atoms with E-state index >= 15 is 0 Å². The summed E-state index contributed by atoms with van der Waals surface area (Å²) in [5.74, 6) is -0.996. The van der Waals surface area contributed by atoms with Gasteiger partial charge in [-0.05, 0) is 37.5 Å². The van der Waals surface area contributed by atoms with Crippen molar-refractivity contribution >= 4 is 17.6 Å². The molecule has 1 aliphatic rings. The molecule has 0 unspecified atom stereocenters. The van der Waals surface area contributed by atoms with Gasteiger partial charge in [0, 0.05) is 5.69 Å². The number of rotatable bonds is 4. The molecule has 0 radical (unpaired) electrons. The molecule has 6 nitrogen and oxygen atoms in total. The number of nitrogen functional groups attached to an aromatic ring is 1. The molecule has 1 aromatic rings. The number of benzene rings is 1. The molecule has 0 heterocycles. The van der Waals surface area contributed by atoms with Gasteiger partial charge in [-0.3, -0.25) is 4.79 Å². The second-order valence-electron chi connectivity index (χ2n) is 4.65. The van der Waals surface area contributed by atoms with Crippen LogP contribution >= 0.6 is 0 Å². The molecule has 1 aromatic carbocycles. The Morgan fingerprint density at radius 1 is 1.42 bits per heavy atom. The van der Waals surface area contributed by atoms with Crippen LogP contribution in [0.25, 0.3) is 0 Å². The standard InChI is InChI=1S/C13H16N2O4/c1-19-8-3-4-10(14)9(7-8)11(16)15-13(12(17)18)5-2-6-13/h3-4,7H,2,5-6,14H2,1H3,(H,15,16)(H,17,18). The lowest BCUT2D eigenvalue weighted by Gasteiger charge is -2.38. The molecule has 0 aromatic heterocycles. The molecule has 0 bridgehead atoms. The van der Waals surface area contributed by atoms with Gasteiger partial charge in [0.1, 0.15) is 11.3 Å². The van der Waals surface area contributed by atoms with Crippen LogP contribution in [0.1, 0.15) is 29.6 Å². The summed E-state index contributed by atoms with van der Waals surface area (Å²) in [6, 6.07) is 4.70. The van der Waals surface area contributed by atoms with E-state index in [2.05, 4.69) is 5.32 Å². The predicted molar refractivity (Wildman–Crippen MR) is 69.1 cm³/mol. The van der Waals surface area contributed by atoms with E-state index in [9.17, 15) is 14.7 Å². The van der Waals surface area contributed by atoms with E-state index in [1.165, 1.54) is 13.2 Å². The molecule has 4 N–H and O–H groups in total. The van der Waals surface area contributed by atoms with Crippen LogP contribution in [0, 0.1) is 0 Å². The molecule has 19 heavy (non-hydrogen) atoms. The number of hydrogen-bond acceptors (Lipinski definition) is 4. The van der Waals surface area contributed by atoms with Gasteiger partial charge in [-0.15, -0.1) is 0 Å². The number of carboxylic acid groups (broad SMARTS) is 1. The maximum Gasteiger partial charge on any atom is 0.329 e. The van der Waals surface area contributed by atoms with E-state index in [1.54, 1.807) is 12.1 Å². The number of anilines is 1. The van der Waals surface area contributed by atoms with Gasteiger partial charge in [-0.2, -0.15) is 0 Å². The number of carbonyl (C=O) groups excluding carboxylic acids is 1. The van der Waals surface area contributed by atoms with Crippen molar-refractivity contribution in [3.05, 3.63) is 23.8 Å². The Morgan fingerprint density at radius 3 is 2.58 bits per heavy atom. The summed E-state index contributed by atoms with van der Waals surface area (Å²) in [4.78, 5) is 23.3. The lowest BCUT2D eigenvalue weighted by molar-refractivity contribution is -0.148. The topological polar surface area (TPSA) is 102 Å². The molecule has 102 valence electrons. The molecule has 0 atom stereocenters. The van der Waals surface area contributed by atoms with Gasteiger partial charge >= 0.3 is 5.97 Å². The first-order valence-corrected chi connectivity index (χ1v) is 5.98. The van der Waals surface area contributed by atoms with E-state index < -0.39 is 17.4 Å². The van der Waals surface area contributed by atoms with Crippen molar-refractivity contribution in [3.63, 3.8) is 0 Å². The van der Waals surface area contributed by atoms with Crippen LogP contribution in [0.3, 0.4) is 0 Å². The number of nitrogens with one attached hydrogen (secondary N) is 1. The predicted octanol–water partition coefficient (Wildman–Crippen LogP) is 1.01. The van der Waals surface area contributed by atoms with Crippen molar-refractivity contribution in [3.8, 4) is 5.75 Å². The molecular weight excluding hydrogens is 248 g/mol. The largest absolute Gasteiger partial charge is 0.497 e. The van der Waals surface area contributed by atoms with Crippen molar-refractivity contribution in [1.82, 2.24) is 5.32 Å². The van der Waals surface area contributed by atoms with E-state index in [4.69, 9.17) is 10.5 Å². The highest BCUT2D eigenvalue weighted by Gasteiger charge is 2.45. The maximum atomic E-state index is 12.1. The Hall–Kier alpha value is -2.24. The number of ether oxygens (including phenoxy) is 1. The maximum absolute atomic E-state index is 12.1. The van der Waals surface area contributed by atoms with Crippen LogP contribution in [-0.2, 0) is 4.79 Å². The van der Waals surface area contributed by atoms with Crippen LogP contribution < -0.4 is 15.8 Å². The summed E-state index contributed by atoms with van der Waals surface area (Å²) in [6.45, 7) is 0. The number of nitrogens with two attached hydrogens (primary N) is 1. The third-order valence-electron chi connectivity index (χ3n) is 3.47. The highest BCUT2D eigenvalue weighted by Crippen LogP contribution is 2.33. The van der Waals surface area contributed by atoms with E-state index in [-0.39, 0.29) is 11.3 Å². The molecule has 6 heteroatoms. The third kappa shape index (κ3) is 2.33. The highest BCUT2D eigenvalue weighted by atomic mass is 16.5. The van der Waals surface area contributed by atoms with Gasteiger partial charge in [0.05, 0.1) is 12.7 Å². The number of aliphatic carboxylic acids is 1. The van der Waals surface area contributed by atoms with Crippen LogP contribution in [0.15, 0.2) is 18.2 Å². The second kappa shape index (κ2) is 4.79. The van der Waals surface area contributed by atoms with Gasteiger partial charge in [0.25, 0.3) is 5.91 Å². The van der Waals surface area contributed by atoms with Crippen molar-refractivity contribution in [1.29, 1.82) is 0 Å². The Labute approximate surface area is 110 Å². The number of carboxylic acids is 1. The van der Waals surface area contributed by atoms with Crippen molar-refractivity contribution in [2.75, 3.05) is 12.8 Å². The summed E-state index contributed by atoms with van der Waals surface area (Å²) >= 11 is 0. The lowest BCUT2D eigenvalue weighted by atomic mass is 9.76. The molecule has 0 aliphatic heterocycles. The Kier molecular flexibility index (Phi) is 3.33. The monoisotopic (exact) mass is 264 g/mol. The molecule has 1 saturated carbocycles. The normalized spacial score (nSPS) is 16.3. The number of hydrogen-bond donors (Lipinski definition) is 3. The van der Waals surface area contributed by atoms with E-state index in [0.29, 0.717) is 18.6 Å². The highest BCUT2D eigenvalue weighted by molar-refractivity contribution is 6.02. The minimum absolute atomic E-state index is 0.229. The van der Waals surface area contributed by atoms with E-state index in [1.807, 2.05) is 0 Å². The molecule has 2 rings (SSSR count). The Morgan fingerprint density at radius 2 is 2.11 bits per heavy atom. The average Bonchev–Trinajstić information content (AvgIpc) is 2.33. The SMILES string of the molecule is COc1ccc(N)c(C(=O)NC2(C(=O)O)CCC2)c1. The Balaban J connectivity index is 2.22. The molecule has 1 fully saturated rings. The number of carbonyl (C=O) groups is 2. The molecule has 1 aliphatic carbocycles. The zero-order valence-electron chi connectivity index (χ0n) is 10.6. The summed E-state index contributed by atoms with van der Waals surface area (Å²) in [7, 11) is 1.48. The van der Waals surface area contributed by atoms with Crippen LogP contribution in [0.4, 0.5) is 5.69 Å². The second-order valence-corrected chi connectivity index (χ2v) is 4.65. The number of amides is 1. The van der Waals surface area contributed by atoms with Gasteiger partial charge in [-0.1, -0.05) is 0 Å². The van der Waals surface area contributed by atoms with Gasteiger partial charge < -0.3 is 20.9 Å². The zero-order valence-corrected chi connectivity index (χ0v) is 10.6. The van der Waals surface area contributed by atoms with E-state index in [0.717, 1.165) is 6.42 Å². The lowest BCUT2D eigenvalue weighted by Crippen LogP contribution is -2.59. The first kappa shape index (κ1) is 13.2. The minimum Gasteiger partial charge on any atom is -0.497 e. The van der Waals surface area contributed by atoms with Gasteiger partial charge in [0.2, 0.25) is 0 Å². The quantitative estimate of drug-likeness (QED) is 0.704. The molecule has 0 spiro atoms. The molecular formula is C13H16N2O4. The summed E-state index contributed by atoms with van der Waals surface area (Å²) < 4.78 is 5.03. The van der Waals surface area contributed by atoms with Crippen LogP contribution in [0.5, 0.6) is 5.75 Å². The summed E-state index contributed by atoms with van der Waals surface area (Å²) in [5, 5.41) is 11.7. The number of methoxy groups -OCH3 is 1. The average molecular weight is 264 g/mol. The summed E-state index contributed by atoms with van der Waals surface area (Å²) in [5.41, 5.74) is 5.11. The van der Waals surface area contributed by atoms with Crippen molar-refractivity contribution in [2.45, 2.75) is 24.8 Å². The fourth-order valence-corrected chi connectivity index (χ4v) is 2.07. The van der Waals surface area contributed by atoms with Crippen LogP contribution in [0.2, 0.25) is 0 Å². The smallest absolute Gasteiger partial charge is 0.329 e. The van der Waals surface area contributed by atoms with Gasteiger partial charge in [0.15, 0.2) is 0 Å². The van der Waals surface area contributed by atoms with Gasteiger partial charge in [-0.25, -0.2) is 4.79 Å². The van der Waals surface area contributed by atoms with Crippen LogP contribution in [-0.4, -0.2) is 29.6 Å². The molecule has 0 saturated heterocycles. The van der Waals surface area contributed by atoms with Crippen molar-refractivity contribution < 1.29 is 19.4 Å². The van der Waals surface area contributed by atoms with Crippen molar-refractivity contribution in [2.24, 2.45) is 0 Å². The Bertz CT molecular complexity index is 523. The zero-order chi connectivity index (χ0) is 14.0. The molecule has 1 amide bonds. The fourth-order valence-electron chi connectivity index (χ4n) is 2.07. The first-order chi connectivity index (χ1) is 8.98. The third-order valence-corrected chi connectivity index (χ3v) is 3.47. The summed E-state index contributed by atoms with van der Waals surface area (Å²) in [6.07, 6.45) is 1.68. The fraction of sp³-hybridized carbons (Fsp3) is 0.385.